The molecule has 0 N–H and O–H groups in total. The highest BCUT2D eigenvalue weighted by Crippen LogP contribution is 2.29. The van der Waals surface area contributed by atoms with Gasteiger partial charge in [-0.05, 0) is 17.7 Å². The standard InChI is InChI=1S/C14H6F5NO/c15-9-10(16)12(18)14(13(19)11(9)17)21-6-8-3-1-7(5-20)2-4-8/h1-4H,6H2. The molecule has 0 saturated heterocycles. The smallest absolute Gasteiger partial charge is 0.207 e. The van der Waals surface area contributed by atoms with Gasteiger partial charge in [0.25, 0.3) is 0 Å². The van der Waals surface area contributed by atoms with Crippen molar-refractivity contribution in [1.29, 1.82) is 5.26 Å². The van der Waals surface area contributed by atoms with Gasteiger partial charge in [0.2, 0.25) is 29.1 Å². The highest BCUT2D eigenvalue weighted by Gasteiger charge is 2.26. The summed E-state index contributed by atoms with van der Waals surface area (Å²) in [6.45, 7) is -0.413. The van der Waals surface area contributed by atoms with E-state index >= 15 is 0 Å². The number of nitriles is 1. The van der Waals surface area contributed by atoms with E-state index < -0.39 is 41.4 Å². The van der Waals surface area contributed by atoms with E-state index in [4.69, 9.17) is 5.26 Å². The third-order valence-electron chi connectivity index (χ3n) is 2.64. The van der Waals surface area contributed by atoms with Crippen molar-refractivity contribution in [3.8, 4) is 11.8 Å². The summed E-state index contributed by atoms with van der Waals surface area (Å²) in [5, 5.41) is 8.60. The Morgan fingerprint density at radius 2 is 1.29 bits per heavy atom. The van der Waals surface area contributed by atoms with Crippen molar-refractivity contribution in [2.24, 2.45) is 0 Å². The Hall–Kier alpha value is -2.62. The van der Waals surface area contributed by atoms with Crippen molar-refractivity contribution >= 4 is 0 Å². The highest BCUT2D eigenvalue weighted by atomic mass is 19.2. The summed E-state index contributed by atoms with van der Waals surface area (Å²) in [5.74, 6) is -11.8. The quantitative estimate of drug-likeness (QED) is 0.490. The maximum Gasteiger partial charge on any atom is 0.207 e. The molecule has 0 saturated carbocycles. The molecular formula is C14H6F5NO. The predicted molar refractivity (Wildman–Crippen MR) is 61.7 cm³/mol. The number of hydrogen-bond acceptors (Lipinski definition) is 2. The highest BCUT2D eigenvalue weighted by molar-refractivity contribution is 5.33. The van der Waals surface area contributed by atoms with Gasteiger partial charge < -0.3 is 4.74 Å². The number of benzene rings is 2. The summed E-state index contributed by atoms with van der Waals surface area (Å²) < 4.78 is 70.1. The molecule has 2 aromatic carbocycles. The molecule has 0 heterocycles. The third kappa shape index (κ3) is 2.79. The van der Waals surface area contributed by atoms with Gasteiger partial charge in [-0.3, -0.25) is 0 Å². The van der Waals surface area contributed by atoms with Crippen LogP contribution in [0.25, 0.3) is 0 Å². The molecule has 108 valence electrons. The summed E-state index contributed by atoms with van der Waals surface area (Å²) in [6.07, 6.45) is 0. The number of halogens is 5. The van der Waals surface area contributed by atoms with Crippen LogP contribution in [0.1, 0.15) is 11.1 Å². The van der Waals surface area contributed by atoms with Gasteiger partial charge in [-0.1, -0.05) is 12.1 Å². The molecule has 0 amide bonds. The van der Waals surface area contributed by atoms with E-state index in [-0.39, 0.29) is 0 Å². The van der Waals surface area contributed by atoms with Gasteiger partial charge in [0.05, 0.1) is 11.6 Å². The lowest BCUT2D eigenvalue weighted by Crippen LogP contribution is -2.07. The fourth-order valence-corrected chi connectivity index (χ4v) is 1.54. The zero-order valence-electron chi connectivity index (χ0n) is 10.3. The molecule has 0 atom stereocenters. The van der Waals surface area contributed by atoms with Gasteiger partial charge in [0.1, 0.15) is 6.61 Å². The Morgan fingerprint density at radius 3 is 1.76 bits per heavy atom. The number of nitrogens with zero attached hydrogens (tertiary/aromatic N) is 1. The minimum absolute atomic E-state index is 0.356. The Labute approximate surface area is 116 Å². The minimum atomic E-state index is -2.24. The average molecular weight is 299 g/mol. The van der Waals surface area contributed by atoms with Crippen LogP contribution in [0.4, 0.5) is 22.0 Å². The summed E-state index contributed by atoms with van der Waals surface area (Å²) in [5.41, 5.74) is 0.757. The first-order valence-corrected chi connectivity index (χ1v) is 5.59. The maximum absolute atomic E-state index is 13.3. The number of rotatable bonds is 3. The third-order valence-corrected chi connectivity index (χ3v) is 2.64. The lowest BCUT2D eigenvalue weighted by Gasteiger charge is -2.10. The molecule has 0 aliphatic carbocycles. The minimum Gasteiger partial charge on any atom is -0.483 e. The van der Waals surface area contributed by atoms with Crippen molar-refractivity contribution in [3.63, 3.8) is 0 Å². The normalized spacial score (nSPS) is 10.3. The fourth-order valence-electron chi connectivity index (χ4n) is 1.54. The Bertz CT molecular complexity index is 693. The van der Waals surface area contributed by atoms with Crippen LogP contribution >= 0.6 is 0 Å². The van der Waals surface area contributed by atoms with Crippen LogP contribution in [0, 0.1) is 40.4 Å². The van der Waals surface area contributed by atoms with Gasteiger partial charge in [-0.15, -0.1) is 0 Å². The van der Waals surface area contributed by atoms with Crippen LogP contribution in [0.15, 0.2) is 24.3 Å². The second-order valence-corrected chi connectivity index (χ2v) is 4.00. The van der Waals surface area contributed by atoms with Crippen molar-refractivity contribution in [2.75, 3.05) is 0 Å². The monoisotopic (exact) mass is 299 g/mol. The summed E-state index contributed by atoms with van der Waals surface area (Å²) in [4.78, 5) is 0. The van der Waals surface area contributed by atoms with Crippen LogP contribution in [0.5, 0.6) is 5.75 Å². The van der Waals surface area contributed by atoms with Crippen LogP contribution in [0.3, 0.4) is 0 Å². The topological polar surface area (TPSA) is 33.0 Å². The van der Waals surface area contributed by atoms with E-state index in [1.54, 1.807) is 0 Å². The molecule has 2 nitrogen and oxygen atoms in total. The largest absolute Gasteiger partial charge is 0.483 e. The molecular weight excluding hydrogens is 293 g/mol. The molecule has 2 rings (SSSR count). The van der Waals surface area contributed by atoms with Crippen molar-refractivity contribution in [2.45, 2.75) is 6.61 Å². The van der Waals surface area contributed by atoms with Gasteiger partial charge in [0, 0.05) is 0 Å². The predicted octanol–water partition coefficient (Wildman–Crippen LogP) is 3.83. The van der Waals surface area contributed by atoms with Crippen LogP contribution < -0.4 is 4.74 Å². The van der Waals surface area contributed by atoms with E-state index in [0.29, 0.717) is 11.1 Å². The SMILES string of the molecule is N#Cc1ccc(COc2c(F)c(F)c(F)c(F)c2F)cc1. The molecule has 0 aliphatic rings. The zero-order valence-corrected chi connectivity index (χ0v) is 10.3. The van der Waals surface area contributed by atoms with Gasteiger partial charge in [0.15, 0.2) is 5.75 Å². The molecule has 7 heteroatoms. The first-order chi connectivity index (χ1) is 9.95. The molecule has 0 spiro atoms. The Kier molecular flexibility index (Phi) is 4.08. The van der Waals surface area contributed by atoms with Gasteiger partial charge >= 0.3 is 0 Å². The Balaban J connectivity index is 2.26. The summed E-state index contributed by atoms with van der Waals surface area (Å²) >= 11 is 0. The van der Waals surface area contributed by atoms with Crippen LogP contribution in [0.2, 0.25) is 0 Å². The lowest BCUT2D eigenvalue weighted by molar-refractivity contribution is 0.253. The number of ether oxygens (including phenoxy) is 1. The fraction of sp³-hybridized carbons (Fsp3) is 0.0714. The maximum atomic E-state index is 13.3. The van der Waals surface area contributed by atoms with Crippen molar-refractivity contribution in [1.82, 2.24) is 0 Å². The van der Waals surface area contributed by atoms with E-state index in [1.165, 1.54) is 24.3 Å². The molecule has 2 aromatic rings. The molecule has 0 fully saturated rings. The molecule has 0 radical (unpaired) electrons. The molecule has 0 aliphatic heterocycles. The first-order valence-electron chi connectivity index (χ1n) is 5.59. The summed E-state index contributed by atoms with van der Waals surface area (Å²) in [7, 11) is 0. The zero-order chi connectivity index (χ0) is 15.6. The molecule has 21 heavy (non-hydrogen) atoms. The summed E-state index contributed by atoms with van der Waals surface area (Å²) in [6, 6.07) is 7.59. The van der Waals surface area contributed by atoms with Gasteiger partial charge in [-0.25, -0.2) is 13.2 Å². The average Bonchev–Trinajstić information content (AvgIpc) is 2.51. The molecule has 0 unspecified atom stereocenters. The van der Waals surface area contributed by atoms with Crippen LogP contribution in [-0.2, 0) is 6.61 Å². The van der Waals surface area contributed by atoms with E-state index in [0.717, 1.165) is 0 Å². The number of hydrogen-bond donors (Lipinski definition) is 0. The lowest BCUT2D eigenvalue weighted by atomic mass is 10.1. The molecule has 0 bridgehead atoms. The van der Waals surface area contributed by atoms with Crippen molar-refractivity contribution in [3.05, 3.63) is 64.5 Å². The Morgan fingerprint density at radius 1 is 0.810 bits per heavy atom. The molecule has 0 aromatic heterocycles. The van der Waals surface area contributed by atoms with Crippen LogP contribution in [-0.4, -0.2) is 0 Å². The van der Waals surface area contributed by atoms with Gasteiger partial charge in [-0.2, -0.15) is 14.0 Å². The van der Waals surface area contributed by atoms with E-state index in [9.17, 15) is 22.0 Å². The first kappa shape index (κ1) is 14.8. The second-order valence-electron chi connectivity index (χ2n) is 4.00. The van der Waals surface area contributed by atoms with E-state index in [2.05, 4.69) is 4.74 Å². The van der Waals surface area contributed by atoms with E-state index in [1.807, 2.05) is 6.07 Å². The van der Waals surface area contributed by atoms with Crippen molar-refractivity contribution < 1.29 is 26.7 Å². The second kappa shape index (κ2) is 5.79.